The van der Waals surface area contributed by atoms with Gasteiger partial charge < -0.3 is 4.90 Å². The molecule has 3 amide bonds. The Hall–Kier alpha value is -2.95. The first-order valence-corrected chi connectivity index (χ1v) is 8.06. The predicted octanol–water partition coefficient (Wildman–Crippen LogP) is 2.92. The summed E-state index contributed by atoms with van der Waals surface area (Å²) in [5, 5.41) is 0. The van der Waals surface area contributed by atoms with Crippen molar-refractivity contribution in [3.05, 3.63) is 70.8 Å². The van der Waals surface area contributed by atoms with E-state index in [1.807, 2.05) is 44.2 Å². The number of hydrogen-bond acceptors (Lipinski definition) is 3. The van der Waals surface area contributed by atoms with Crippen molar-refractivity contribution in [3.8, 4) is 0 Å². The average molecular weight is 336 g/mol. The Labute approximate surface area is 146 Å². The van der Waals surface area contributed by atoms with E-state index in [1.54, 1.807) is 32.3 Å². The summed E-state index contributed by atoms with van der Waals surface area (Å²) in [7, 11) is 3.24. The van der Waals surface area contributed by atoms with Crippen LogP contribution in [0.4, 0.5) is 0 Å². The van der Waals surface area contributed by atoms with Crippen molar-refractivity contribution in [1.29, 1.82) is 0 Å². The van der Waals surface area contributed by atoms with Gasteiger partial charge in [0.05, 0.1) is 22.2 Å². The molecular weight excluding hydrogens is 316 g/mol. The number of carbonyl (C=O) groups excluding carboxylic acids is 3. The molecule has 5 heteroatoms. The summed E-state index contributed by atoms with van der Waals surface area (Å²) < 4.78 is 0. The number of nitrogens with zero attached hydrogens (tertiary/aromatic N) is 2. The van der Waals surface area contributed by atoms with Crippen LogP contribution in [0.2, 0.25) is 0 Å². The van der Waals surface area contributed by atoms with E-state index in [4.69, 9.17) is 0 Å². The highest BCUT2D eigenvalue weighted by Crippen LogP contribution is 2.37. The van der Waals surface area contributed by atoms with Crippen LogP contribution < -0.4 is 0 Å². The van der Waals surface area contributed by atoms with Crippen molar-refractivity contribution in [3.63, 3.8) is 0 Å². The highest BCUT2D eigenvalue weighted by Gasteiger charge is 2.46. The van der Waals surface area contributed by atoms with Gasteiger partial charge >= 0.3 is 0 Å². The Morgan fingerprint density at radius 1 is 0.920 bits per heavy atom. The van der Waals surface area contributed by atoms with Crippen LogP contribution in [-0.4, -0.2) is 41.6 Å². The van der Waals surface area contributed by atoms with Gasteiger partial charge in [-0.1, -0.05) is 36.4 Å². The zero-order valence-electron chi connectivity index (χ0n) is 14.7. The number of rotatable bonds is 3. The number of hydrogen-bond donors (Lipinski definition) is 0. The second-order valence-corrected chi connectivity index (χ2v) is 6.80. The first kappa shape index (κ1) is 16.9. The molecule has 0 atom stereocenters. The predicted molar refractivity (Wildman–Crippen MR) is 94.4 cm³/mol. The lowest BCUT2D eigenvalue weighted by atomic mass is 9.92. The molecule has 5 nitrogen and oxygen atoms in total. The largest absolute Gasteiger partial charge is 0.345 e. The van der Waals surface area contributed by atoms with E-state index in [2.05, 4.69) is 0 Å². The smallest absolute Gasteiger partial charge is 0.263 e. The standard InChI is InChI=1S/C20H20N2O3/c1-20(2,13-9-6-5-7-10-13)22-18(24)15-12-8-11-14(16(15)19(22)25)17(23)21(3)4/h5-12H,1-4H3. The third kappa shape index (κ3) is 2.52. The highest BCUT2D eigenvalue weighted by atomic mass is 16.2. The van der Waals surface area contributed by atoms with E-state index in [-0.39, 0.29) is 28.5 Å². The fraction of sp³-hybridized carbons (Fsp3) is 0.250. The Bertz CT molecular complexity index is 870. The van der Waals surface area contributed by atoms with Crippen molar-refractivity contribution in [1.82, 2.24) is 9.80 Å². The van der Waals surface area contributed by atoms with Crippen LogP contribution in [0.3, 0.4) is 0 Å². The van der Waals surface area contributed by atoms with Crippen molar-refractivity contribution < 1.29 is 14.4 Å². The number of benzene rings is 2. The maximum Gasteiger partial charge on any atom is 0.263 e. The van der Waals surface area contributed by atoms with Gasteiger partial charge in [-0.05, 0) is 31.5 Å². The van der Waals surface area contributed by atoms with Gasteiger partial charge in [-0.25, -0.2) is 0 Å². The summed E-state index contributed by atoms with van der Waals surface area (Å²) in [6.45, 7) is 3.66. The molecule has 0 unspecified atom stereocenters. The summed E-state index contributed by atoms with van der Waals surface area (Å²) in [5.41, 5.74) is 0.751. The summed E-state index contributed by atoms with van der Waals surface area (Å²) in [4.78, 5) is 41.1. The van der Waals surface area contributed by atoms with E-state index < -0.39 is 11.4 Å². The average Bonchev–Trinajstić information content (AvgIpc) is 2.86. The van der Waals surface area contributed by atoms with Crippen LogP contribution in [0.25, 0.3) is 0 Å². The lowest BCUT2D eigenvalue weighted by molar-refractivity contribution is 0.0473. The van der Waals surface area contributed by atoms with Crippen LogP contribution in [0, 0.1) is 0 Å². The van der Waals surface area contributed by atoms with E-state index in [0.717, 1.165) is 5.56 Å². The molecule has 128 valence electrons. The van der Waals surface area contributed by atoms with Crippen LogP contribution in [-0.2, 0) is 5.54 Å². The molecular formula is C20H20N2O3. The Kier molecular flexibility index (Phi) is 3.95. The SMILES string of the molecule is CN(C)C(=O)c1cccc2c1C(=O)N(C(C)(C)c1ccccc1)C2=O. The molecule has 0 N–H and O–H groups in total. The lowest BCUT2D eigenvalue weighted by Crippen LogP contribution is -2.45. The van der Waals surface area contributed by atoms with Gasteiger partial charge in [-0.15, -0.1) is 0 Å². The van der Waals surface area contributed by atoms with Gasteiger partial charge in [-0.2, -0.15) is 0 Å². The monoisotopic (exact) mass is 336 g/mol. The topological polar surface area (TPSA) is 57.7 Å². The fourth-order valence-corrected chi connectivity index (χ4v) is 3.19. The maximum atomic E-state index is 13.1. The van der Waals surface area contributed by atoms with Crippen LogP contribution >= 0.6 is 0 Å². The summed E-state index contributed by atoms with van der Waals surface area (Å²) in [6.07, 6.45) is 0. The minimum absolute atomic E-state index is 0.190. The molecule has 0 radical (unpaired) electrons. The zero-order valence-corrected chi connectivity index (χ0v) is 14.7. The lowest BCUT2D eigenvalue weighted by Gasteiger charge is -2.34. The van der Waals surface area contributed by atoms with Crippen molar-refractivity contribution >= 4 is 17.7 Å². The van der Waals surface area contributed by atoms with Crippen molar-refractivity contribution in [2.75, 3.05) is 14.1 Å². The third-order valence-corrected chi connectivity index (χ3v) is 4.59. The molecule has 1 aliphatic rings. The normalized spacial score (nSPS) is 13.8. The van der Waals surface area contributed by atoms with E-state index in [0.29, 0.717) is 0 Å². The molecule has 1 aliphatic heterocycles. The number of carbonyl (C=O) groups is 3. The van der Waals surface area contributed by atoms with Crippen molar-refractivity contribution in [2.45, 2.75) is 19.4 Å². The minimum atomic E-state index is -0.827. The Balaban J connectivity index is 2.13. The minimum Gasteiger partial charge on any atom is -0.345 e. The molecule has 0 fully saturated rings. The second kappa shape index (κ2) is 5.84. The van der Waals surface area contributed by atoms with Gasteiger partial charge in [0.1, 0.15) is 0 Å². The van der Waals surface area contributed by atoms with E-state index >= 15 is 0 Å². The highest BCUT2D eigenvalue weighted by molar-refractivity contribution is 6.25. The Morgan fingerprint density at radius 3 is 2.16 bits per heavy atom. The summed E-state index contributed by atoms with van der Waals surface area (Å²) >= 11 is 0. The van der Waals surface area contributed by atoms with Crippen LogP contribution in [0.15, 0.2) is 48.5 Å². The number of fused-ring (bicyclic) bond motifs is 1. The number of imide groups is 1. The molecule has 0 bridgehead atoms. The summed E-state index contributed by atoms with van der Waals surface area (Å²) in [6, 6.07) is 14.2. The van der Waals surface area contributed by atoms with Crippen molar-refractivity contribution in [2.24, 2.45) is 0 Å². The summed E-state index contributed by atoms with van der Waals surface area (Å²) in [5.74, 6) is -1.10. The zero-order chi connectivity index (χ0) is 18.4. The second-order valence-electron chi connectivity index (χ2n) is 6.80. The van der Waals surface area contributed by atoms with Gasteiger partial charge in [0.25, 0.3) is 17.7 Å². The molecule has 0 aromatic heterocycles. The quantitative estimate of drug-likeness (QED) is 0.810. The van der Waals surface area contributed by atoms with Crippen LogP contribution in [0.1, 0.15) is 50.5 Å². The van der Waals surface area contributed by atoms with E-state index in [1.165, 1.54) is 9.80 Å². The molecule has 0 aliphatic carbocycles. The molecule has 3 rings (SSSR count). The molecule has 25 heavy (non-hydrogen) atoms. The molecule has 2 aromatic rings. The molecule has 0 saturated heterocycles. The van der Waals surface area contributed by atoms with Gasteiger partial charge in [0.15, 0.2) is 0 Å². The first-order valence-electron chi connectivity index (χ1n) is 8.06. The molecule has 1 heterocycles. The fourth-order valence-electron chi connectivity index (χ4n) is 3.19. The maximum absolute atomic E-state index is 13.1. The molecule has 0 spiro atoms. The van der Waals surface area contributed by atoms with E-state index in [9.17, 15) is 14.4 Å². The van der Waals surface area contributed by atoms with Gasteiger partial charge in [0.2, 0.25) is 0 Å². The molecule has 2 aromatic carbocycles. The number of amides is 3. The Morgan fingerprint density at radius 2 is 1.56 bits per heavy atom. The van der Waals surface area contributed by atoms with Gasteiger partial charge in [0, 0.05) is 14.1 Å². The first-order chi connectivity index (χ1) is 11.8. The molecule has 0 saturated carbocycles. The van der Waals surface area contributed by atoms with Gasteiger partial charge in [-0.3, -0.25) is 19.3 Å². The third-order valence-electron chi connectivity index (χ3n) is 4.59. The van der Waals surface area contributed by atoms with Crippen LogP contribution in [0.5, 0.6) is 0 Å².